The Morgan fingerprint density at radius 1 is 1.23 bits per heavy atom. The molecule has 184 valence electrons. The topological polar surface area (TPSA) is 67.7 Å². The average molecular weight is 519 g/mol. The van der Waals surface area contributed by atoms with E-state index in [-0.39, 0.29) is 23.4 Å². The van der Waals surface area contributed by atoms with Crippen molar-refractivity contribution in [1.82, 2.24) is 14.5 Å². The van der Waals surface area contributed by atoms with Gasteiger partial charge in [-0.15, -0.1) is 0 Å². The fourth-order valence-corrected chi connectivity index (χ4v) is 5.45. The second-order valence-electron chi connectivity index (χ2n) is 9.00. The zero-order chi connectivity index (χ0) is 24.9. The molecule has 0 radical (unpaired) electrons. The Labute approximate surface area is 212 Å². The molecule has 0 spiro atoms. The molecule has 2 aliphatic rings. The van der Waals surface area contributed by atoms with Crippen molar-refractivity contribution in [3.63, 3.8) is 0 Å². The predicted molar refractivity (Wildman–Crippen MR) is 133 cm³/mol. The highest BCUT2D eigenvalue weighted by atomic mass is 35.5. The lowest BCUT2D eigenvalue weighted by Crippen LogP contribution is -2.46. The molecule has 0 unspecified atom stereocenters. The van der Waals surface area contributed by atoms with E-state index < -0.39 is 5.82 Å². The first-order valence-electron chi connectivity index (χ1n) is 11.6. The summed E-state index contributed by atoms with van der Waals surface area (Å²) in [6, 6.07) is 6.92. The smallest absolute Gasteiger partial charge is 0.227 e. The third-order valence-corrected chi connectivity index (χ3v) is 7.25. The van der Waals surface area contributed by atoms with Crippen LogP contribution in [-0.4, -0.2) is 58.6 Å². The lowest BCUT2D eigenvalue weighted by molar-refractivity contribution is -0.136. The van der Waals surface area contributed by atoms with E-state index in [0.29, 0.717) is 77.4 Å². The predicted octanol–water partition coefficient (Wildman–Crippen LogP) is 4.83. The van der Waals surface area contributed by atoms with Gasteiger partial charge >= 0.3 is 0 Å². The summed E-state index contributed by atoms with van der Waals surface area (Å²) in [4.78, 5) is 32.2. The van der Waals surface area contributed by atoms with Crippen LogP contribution in [0.4, 0.5) is 10.1 Å². The number of aromatic nitrogens is 2. The molecular weight excluding hydrogens is 494 g/mol. The summed E-state index contributed by atoms with van der Waals surface area (Å²) in [6.45, 7) is 5.53. The molecule has 2 amide bonds. The Morgan fingerprint density at radius 3 is 2.63 bits per heavy atom. The second-order valence-corrected chi connectivity index (χ2v) is 9.82. The third kappa shape index (κ3) is 4.39. The molecule has 2 aromatic carbocycles. The van der Waals surface area contributed by atoms with E-state index in [2.05, 4.69) is 4.98 Å². The zero-order valence-electron chi connectivity index (χ0n) is 19.5. The van der Waals surface area contributed by atoms with Crippen molar-refractivity contribution in [2.24, 2.45) is 0 Å². The number of morpholine rings is 1. The average Bonchev–Trinajstić information content (AvgIpc) is 3.40. The lowest BCUT2D eigenvalue weighted by atomic mass is 10.1. The van der Waals surface area contributed by atoms with Crippen LogP contribution >= 0.6 is 23.2 Å². The van der Waals surface area contributed by atoms with Crippen molar-refractivity contribution >= 4 is 51.7 Å². The number of carbonyl (C=O) groups is 2. The van der Waals surface area contributed by atoms with Gasteiger partial charge in [0.1, 0.15) is 11.3 Å². The zero-order valence-corrected chi connectivity index (χ0v) is 21.0. The minimum atomic E-state index is -0.413. The van der Waals surface area contributed by atoms with Gasteiger partial charge in [-0.05, 0) is 37.1 Å². The van der Waals surface area contributed by atoms with Crippen LogP contribution in [-0.2, 0) is 20.9 Å². The number of halogens is 3. The maximum absolute atomic E-state index is 15.1. The first-order valence-corrected chi connectivity index (χ1v) is 12.3. The minimum absolute atomic E-state index is 0.0196. The van der Waals surface area contributed by atoms with E-state index >= 15 is 4.39 Å². The number of imidazole rings is 1. The Morgan fingerprint density at radius 2 is 1.97 bits per heavy atom. The maximum Gasteiger partial charge on any atom is 0.227 e. The molecule has 0 saturated carbocycles. The summed E-state index contributed by atoms with van der Waals surface area (Å²) in [7, 11) is 0. The van der Waals surface area contributed by atoms with Crippen LogP contribution in [0.15, 0.2) is 24.3 Å². The number of nitrogens with zero attached hydrogens (tertiary/aromatic N) is 4. The lowest BCUT2D eigenvalue weighted by Gasteiger charge is -2.33. The molecule has 0 bridgehead atoms. The van der Waals surface area contributed by atoms with Gasteiger partial charge < -0.3 is 19.1 Å². The SMILES string of the molecule is CC(=O)N1CCO[C@@H](Cn2c(-c3c(Cl)cc(N4CCCC4=O)cc3Cl)nc3c(F)c(C)ccc32)C1. The molecule has 3 aromatic rings. The molecule has 2 aliphatic heterocycles. The number of rotatable bonds is 4. The number of hydrogen-bond acceptors (Lipinski definition) is 4. The van der Waals surface area contributed by atoms with Crippen LogP contribution in [0.25, 0.3) is 22.4 Å². The summed E-state index contributed by atoms with van der Waals surface area (Å²) in [5.41, 5.74) is 2.35. The normalized spacial score (nSPS) is 18.7. The summed E-state index contributed by atoms with van der Waals surface area (Å²) in [5, 5.41) is 0.631. The molecule has 7 nitrogen and oxygen atoms in total. The van der Waals surface area contributed by atoms with Gasteiger partial charge in [0.15, 0.2) is 5.82 Å². The van der Waals surface area contributed by atoms with Crippen molar-refractivity contribution in [2.75, 3.05) is 31.1 Å². The molecule has 5 rings (SSSR count). The third-order valence-electron chi connectivity index (χ3n) is 6.66. The molecule has 1 atom stereocenters. The molecular formula is C25H25Cl2FN4O3. The number of fused-ring (bicyclic) bond motifs is 1. The van der Waals surface area contributed by atoms with E-state index in [1.54, 1.807) is 34.9 Å². The number of hydrogen-bond donors (Lipinski definition) is 0. The largest absolute Gasteiger partial charge is 0.373 e. The summed E-state index contributed by atoms with van der Waals surface area (Å²) >= 11 is 13.4. The molecule has 10 heteroatoms. The van der Waals surface area contributed by atoms with Crippen LogP contribution in [0.5, 0.6) is 0 Å². The highest BCUT2D eigenvalue weighted by Crippen LogP contribution is 2.40. The number of benzene rings is 2. The van der Waals surface area contributed by atoms with Gasteiger partial charge in [0.05, 0.1) is 40.4 Å². The van der Waals surface area contributed by atoms with E-state index in [1.165, 1.54) is 6.92 Å². The number of ether oxygens (including phenoxy) is 1. The van der Waals surface area contributed by atoms with Crippen LogP contribution in [0.3, 0.4) is 0 Å². The van der Waals surface area contributed by atoms with E-state index in [1.807, 2.05) is 10.6 Å². The van der Waals surface area contributed by atoms with Gasteiger partial charge in [-0.2, -0.15) is 0 Å². The van der Waals surface area contributed by atoms with Crippen LogP contribution in [0, 0.1) is 12.7 Å². The van der Waals surface area contributed by atoms with Crippen LogP contribution in [0.1, 0.15) is 25.3 Å². The molecule has 2 saturated heterocycles. The summed E-state index contributed by atoms with van der Waals surface area (Å²) in [6.07, 6.45) is 0.958. The van der Waals surface area contributed by atoms with Crippen molar-refractivity contribution in [3.8, 4) is 11.4 Å². The highest BCUT2D eigenvalue weighted by Gasteiger charge is 2.28. The summed E-state index contributed by atoms with van der Waals surface area (Å²) in [5.74, 6) is -0.000684. The highest BCUT2D eigenvalue weighted by molar-refractivity contribution is 6.39. The van der Waals surface area contributed by atoms with Crippen LogP contribution < -0.4 is 4.90 Å². The van der Waals surface area contributed by atoms with Gasteiger partial charge in [0.2, 0.25) is 11.8 Å². The van der Waals surface area contributed by atoms with Gasteiger partial charge in [-0.3, -0.25) is 9.59 Å². The Hall–Kier alpha value is -2.68. The number of aryl methyl sites for hydroxylation is 1. The number of amides is 2. The minimum Gasteiger partial charge on any atom is -0.373 e. The van der Waals surface area contributed by atoms with E-state index in [0.717, 1.165) is 6.42 Å². The number of anilines is 1. The van der Waals surface area contributed by atoms with Gasteiger partial charge in [0, 0.05) is 38.7 Å². The quantitative estimate of drug-likeness (QED) is 0.495. The van der Waals surface area contributed by atoms with E-state index in [9.17, 15) is 9.59 Å². The molecule has 3 heterocycles. The first kappa shape index (κ1) is 24.0. The monoisotopic (exact) mass is 518 g/mol. The molecule has 35 heavy (non-hydrogen) atoms. The summed E-state index contributed by atoms with van der Waals surface area (Å²) < 4.78 is 22.9. The van der Waals surface area contributed by atoms with Crippen molar-refractivity contribution in [2.45, 2.75) is 39.3 Å². The van der Waals surface area contributed by atoms with Gasteiger partial charge in [-0.25, -0.2) is 9.37 Å². The number of carbonyl (C=O) groups excluding carboxylic acids is 2. The van der Waals surface area contributed by atoms with Gasteiger partial charge in [0.25, 0.3) is 0 Å². The van der Waals surface area contributed by atoms with Crippen molar-refractivity contribution in [1.29, 1.82) is 0 Å². The Balaban J connectivity index is 1.61. The van der Waals surface area contributed by atoms with Crippen molar-refractivity contribution in [3.05, 3.63) is 45.7 Å². The standard InChI is InChI=1S/C25H25Cl2FN4O3/c1-14-5-6-20-24(23(14)28)29-25(32(20)13-17-12-30(15(2)33)8-9-35-17)22-18(26)10-16(11-19(22)27)31-7-3-4-21(31)34/h5-6,10-11,17H,3-4,7-9,12-13H2,1-2H3/t17-/m1/s1. The molecule has 0 aliphatic carbocycles. The van der Waals surface area contributed by atoms with Crippen LogP contribution in [0.2, 0.25) is 10.0 Å². The molecule has 0 N–H and O–H groups in total. The first-order chi connectivity index (χ1) is 16.7. The van der Waals surface area contributed by atoms with Gasteiger partial charge in [-0.1, -0.05) is 29.3 Å². The fourth-order valence-electron chi connectivity index (χ4n) is 4.81. The maximum atomic E-state index is 15.1. The van der Waals surface area contributed by atoms with E-state index in [4.69, 9.17) is 27.9 Å². The fraction of sp³-hybridized carbons (Fsp3) is 0.400. The Bertz CT molecular complexity index is 1320. The Kier molecular flexibility index (Phi) is 6.46. The second kappa shape index (κ2) is 9.41. The molecule has 1 aromatic heterocycles. The molecule has 2 fully saturated rings. The van der Waals surface area contributed by atoms with Crippen molar-refractivity contribution < 1.29 is 18.7 Å².